The van der Waals surface area contributed by atoms with E-state index in [1.807, 2.05) is 11.9 Å². The molecule has 32 heavy (non-hydrogen) atoms. The van der Waals surface area contributed by atoms with Crippen LogP contribution in [0.1, 0.15) is 57.4 Å². The molecule has 8 nitrogen and oxygen atoms in total. The third-order valence-corrected chi connectivity index (χ3v) is 9.14. The zero-order chi connectivity index (χ0) is 23.0. The van der Waals surface area contributed by atoms with E-state index in [1.54, 1.807) is 19.9 Å². The van der Waals surface area contributed by atoms with Crippen molar-refractivity contribution in [3.05, 3.63) is 17.7 Å². The summed E-state index contributed by atoms with van der Waals surface area (Å²) in [6, 6.07) is 3.46. The number of carbonyl (C=O) groups is 2. The number of ether oxygens (including phenoxy) is 1. The summed E-state index contributed by atoms with van der Waals surface area (Å²) in [7, 11) is -1.83. The van der Waals surface area contributed by atoms with Gasteiger partial charge in [0, 0.05) is 38.2 Å². The summed E-state index contributed by atoms with van der Waals surface area (Å²) in [5.74, 6) is 0.132. The minimum atomic E-state index is -3.73. The molecule has 1 atom stereocenters. The first-order chi connectivity index (χ1) is 15.2. The third-order valence-electron chi connectivity index (χ3n) is 7.10. The maximum absolute atomic E-state index is 13.4. The zero-order valence-electron chi connectivity index (χ0n) is 19.1. The van der Waals surface area contributed by atoms with E-state index in [9.17, 15) is 18.0 Å². The van der Waals surface area contributed by atoms with Gasteiger partial charge in [-0.2, -0.15) is 4.31 Å². The van der Waals surface area contributed by atoms with Crippen LogP contribution in [0.4, 0.5) is 5.69 Å². The number of sulfonamides is 1. The van der Waals surface area contributed by atoms with Gasteiger partial charge in [-0.25, -0.2) is 8.42 Å². The molecule has 2 heterocycles. The van der Waals surface area contributed by atoms with Crippen molar-refractivity contribution in [1.29, 1.82) is 0 Å². The number of piperidine rings is 1. The van der Waals surface area contributed by atoms with Crippen LogP contribution < -0.4 is 10.1 Å². The van der Waals surface area contributed by atoms with Crippen LogP contribution in [0.5, 0.6) is 5.75 Å². The van der Waals surface area contributed by atoms with Crippen LogP contribution >= 0.6 is 0 Å². The summed E-state index contributed by atoms with van der Waals surface area (Å²) in [6.45, 7) is 3.98. The molecule has 176 valence electrons. The number of aryl methyl sites for hydroxylation is 1. The van der Waals surface area contributed by atoms with Crippen LogP contribution in [-0.2, 0) is 19.6 Å². The molecular weight excluding hydrogens is 430 g/mol. The molecule has 1 saturated carbocycles. The fourth-order valence-electron chi connectivity index (χ4n) is 5.04. The number of fused-ring (bicyclic) bond motifs is 1. The average molecular weight is 464 g/mol. The van der Waals surface area contributed by atoms with E-state index in [2.05, 4.69) is 5.32 Å². The summed E-state index contributed by atoms with van der Waals surface area (Å²) in [5.41, 5.74) is 1.04. The highest BCUT2D eigenvalue weighted by Gasteiger charge is 2.36. The minimum absolute atomic E-state index is 0.127. The number of rotatable bonds is 4. The van der Waals surface area contributed by atoms with E-state index in [0.29, 0.717) is 49.0 Å². The molecule has 0 unspecified atom stereocenters. The minimum Gasteiger partial charge on any atom is -0.479 e. The fourth-order valence-corrected chi connectivity index (χ4v) is 6.73. The molecule has 9 heteroatoms. The number of nitrogens with one attached hydrogen (secondary N) is 1. The Morgan fingerprint density at radius 2 is 1.78 bits per heavy atom. The fraction of sp³-hybridized carbons (Fsp3) is 0.652. The van der Waals surface area contributed by atoms with Crippen molar-refractivity contribution in [2.75, 3.05) is 25.5 Å². The smallest absolute Gasteiger partial charge is 0.265 e. The van der Waals surface area contributed by atoms with Crippen LogP contribution in [-0.4, -0.2) is 61.7 Å². The van der Waals surface area contributed by atoms with Crippen molar-refractivity contribution in [3.8, 4) is 5.75 Å². The highest BCUT2D eigenvalue weighted by atomic mass is 32.2. The number of carbonyl (C=O) groups excluding carboxylic acids is 2. The summed E-state index contributed by atoms with van der Waals surface area (Å²) in [5, 5.41) is 2.75. The van der Waals surface area contributed by atoms with Gasteiger partial charge in [-0.1, -0.05) is 19.3 Å². The maximum atomic E-state index is 13.4. The Kier molecular flexibility index (Phi) is 6.49. The van der Waals surface area contributed by atoms with E-state index in [-0.39, 0.29) is 22.6 Å². The van der Waals surface area contributed by atoms with Gasteiger partial charge >= 0.3 is 0 Å². The second kappa shape index (κ2) is 9.02. The standard InChI is InChI=1S/C23H33N3O5S/c1-15-13-19-20(31-16(2)22(27)24-19)14-21(15)32(29,30)26-11-9-17(10-12-26)23(28)25(3)18-7-5-4-6-8-18/h13-14,16-18H,4-12H2,1-3H3,(H,24,27)/t16-/m1/s1. The molecule has 2 amide bonds. The molecule has 0 aromatic heterocycles. The number of benzene rings is 1. The van der Waals surface area contributed by atoms with Gasteiger partial charge in [0.15, 0.2) is 6.10 Å². The van der Waals surface area contributed by atoms with Gasteiger partial charge in [-0.05, 0) is 51.2 Å². The van der Waals surface area contributed by atoms with Crippen molar-refractivity contribution in [3.63, 3.8) is 0 Å². The number of anilines is 1. The number of hydrogen-bond acceptors (Lipinski definition) is 5. The van der Waals surface area contributed by atoms with Crippen molar-refractivity contribution in [2.45, 2.75) is 75.8 Å². The van der Waals surface area contributed by atoms with Crippen LogP contribution in [0.3, 0.4) is 0 Å². The highest BCUT2D eigenvalue weighted by molar-refractivity contribution is 7.89. The lowest BCUT2D eigenvalue weighted by Gasteiger charge is -2.37. The molecule has 0 spiro atoms. The lowest BCUT2D eigenvalue weighted by atomic mass is 9.91. The summed E-state index contributed by atoms with van der Waals surface area (Å²) >= 11 is 0. The Hall–Kier alpha value is -2.13. The second-order valence-electron chi connectivity index (χ2n) is 9.28. The molecule has 1 aliphatic carbocycles. The Labute approximate surface area is 190 Å². The Balaban J connectivity index is 1.45. The summed E-state index contributed by atoms with van der Waals surface area (Å²) < 4.78 is 33.8. The normalized spacial score (nSPS) is 23.2. The van der Waals surface area contributed by atoms with Crippen LogP contribution in [0.15, 0.2) is 17.0 Å². The molecule has 0 radical (unpaired) electrons. The predicted molar refractivity (Wildman–Crippen MR) is 121 cm³/mol. The number of hydrogen-bond donors (Lipinski definition) is 1. The maximum Gasteiger partial charge on any atom is 0.265 e. The van der Waals surface area contributed by atoms with Gasteiger partial charge in [0.2, 0.25) is 15.9 Å². The summed E-state index contributed by atoms with van der Waals surface area (Å²) in [6.07, 6.45) is 6.10. The monoisotopic (exact) mass is 463 g/mol. The van der Waals surface area contributed by atoms with E-state index in [4.69, 9.17) is 4.74 Å². The molecule has 1 aromatic carbocycles. The number of nitrogens with zero attached hydrogens (tertiary/aromatic N) is 2. The molecule has 0 bridgehead atoms. The van der Waals surface area contributed by atoms with E-state index < -0.39 is 16.1 Å². The van der Waals surface area contributed by atoms with Gasteiger partial charge in [-0.15, -0.1) is 0 Å². The topological polar surface area (TPSA) is 96.0 Å². The first kappa shape index (κ1) is 23.0. The lowest BCUT2D eigenvalue weighted by molar-refractivity contribution is -0.138. The Morgan fingerprint density at radius 1 is 1.12 bits per heavy atom. The Bertz CT molecular complexity index is 995. The second-order valence-corrected chi connectivity index (χ2v) is 11.2. The zero-order valence-corrected chi connectivity index (χ0v) is 19.9. The molecule has 1 saturated heterocycles. The Morgan fingerprint density at radius 3 is 2.44 bits per heavy atom. The first-order valence-corrected chi connectivity index (χ1v) is 13.0. The van der Waals surface area contributed by atoms with E-state index in [1.165, 1.54) is 29.6 Å². The van der Waals surface area contributed by atoms with Crippen LogP contribution in [0.2, 0.25) is 0 Å². The van der Waals surface area contributed by atoms with Gasteiger partial charge < -0.3 is 15.0 Å². The predicted octanol–water partition coefficient (Wildman–Crippen LogP) is 2.91. The molecule has 4 rings (SSSR count). The quantitative estimate of drug-likeness (QED) is 0.741. The highest BCUT2D eigenvalue weighted by Crippen LogP contribution is 2.36. The van der Waals surface area contributed by atoms with Gasteiger partial charge in [-0.3, -0.25) is 9.59 Å². The van der Waals surface area contributed by atoms with Gasteiger partial charge in [0.1, 0.15) is 5.75 Å². The average Bonchev–Trinajstić information content (AvgIpc) is 2.79. The molecule has 1 aromatic rings. The van der Waals surface area contributed by atoms with Crippen molar-refractivity contribution in [2.24, 2.45) is 5.92 Å². The SMILES string of the molecule is Cc1cc2c(cc1S(=O)(=O)N1CCC(C(=O)N(C)C3CCCCC3)CC1)O[C@H](C)C(=O)N2. The van der Waals surface area contributed by atoms with Crippen molar-refractivity contribution < 1.29 is 22.7 Å². The van der Waals surface area contributed by atoms with E-state index in [0.717, 1.165) is 12.8 Å². The first-order valence-electron chi connectivity index (χ1n) is 11.6. The van der Waals surface area contributed by atoms with Gasteiger partial charge in [0.25, 0.3) is 5.91 Å². The van der Waals surface area contributed by atoms with Crippen LogP contribution in [0.25, 0.3) is 0 Å². The largest absolute Gasteiger partial charge is 0.479 e. The third kappa shape index (κ3) is 4.37. The van der Waals surface area contributed by atoms with Crippen LogP contribution in [0, 0.1) is 12.8 Å². The van der Waals surface area contributed by atoms with Crippen molar-refractivity contribution in [1.82, 2.24) is 9.21 Å². The molecule has 1 N–H and O–H groups in total. The molecule has 2 fully saturated rings. The van der Waals surface area contributed by atoms with Gasteiger partial charge in [0.05, 0.1) is 10.6 Å². The van der Waals surface area contributed by atoms with E-state index >= 15 is 0 Å². The molecular formula is C23H33N3O5S. The molecule has 3 aliphatic rings. The molecule has 2 aliphatic heterocycles. The number of amides is 2. The summed E-state index contributed by atoms with van der Waals surface area (Å²) in [4.78, 5) is 26.9. The lowest BCUT2D eigenvalue weighted by Crippen LogP contribution is -2.46. The van der Waals surface area contributed by atoms with Crippen molar-refractivity contribution >= 4 is 27.5 Å².